The number of unbranched alkanes of at least 4 members (excludes halogenated alkanes) is 1. The first-order valence-corrected chi connectivity index (χ1v) is 6.29. The Kier molecular flexibility index (Phi) is 5.85. The normalized spacial score (nSPS) is 10.3. The van der Waals surface area contributed by atoms with Gasteiger partial charge >= 0.3 is 0 Å². The molecule has 0 aliphatic rings. The number of nitro benzene ring substituents is 2. The van der Waals surface area contributed by atoms with E-state index in [2.05, 4.69) is 0 Å². The summed E-state index contributed by atoms with van der Waals surface area (Å²) in [5, 5.41) is 30.8. The van der Waals surface area contributed by atoms with Crippen molar-refractivity contribution in [3.8, 4) is 0 Å². The summed E-state index contributed by atoms with van der Waals surface area (Å²) in [6.45, 7) is 2.65. The Hall–Kier alpha value is -2.22. The maximum absolute atomic E-state index is 11.1. The highest BCUT2D eigenvalue weighted by atomic mass is 16.6. The first-order chi connectivity index (χ1) is 9.51. The van der Waals surface area contributed by atoms with Crippen molar-refractivity contribution >= 4 is 17.1 Å². The van der Waals surface area contributed by atoms with E-state index in [0.717, 1.165) is 18.9 Å². The van der Waals surface area contributed by atoms with Gasteiger partial charge in [-0.25, -0.2) is 0 Å². The van der Waals surface area contributed by atoms with Gasteiger partial charge in [-0.1, -0.05) is 13.3 Å². The van der Waals surface area contributed by atoms with Crippen LogP contribution in [0.2, 0.25) is 0 Å². The Balaban J connectivity index is 3.18. The maximum Gasteiger partial charge on any atom is 0.299 e. The molecule has 8 nitrogen and oxygen atoms in total. The van der Waals surface area contributed by atoms with Gasteiger partial charge in [-0.05, 0) is 12.5 Å². The van der Waals surface area contributed by atoms with Crippen molar-refractivity contribution in [2.45, 2.75) is 19.8 Å². The minimum absolute atomic E-state index is 0.141. The Bertz CT molecular complexity index is 492. The van der Waals surface area contributed by atoms with E-state index in [9.17, 15) is 20.2 Å². The van der Waals surface area contributed by atoms with Crippen LogP contribution in [0.1, 0.15) is 19.8 Å². The number of nitrogens with zero attached hydrogens (tertiary/aromatic N) is 3. The molecule has 1 aromatic carbocycles. The van der Waals surface area contributed by atoms with E-state index in [1.165, 1.54) is 12.1 Å². The molecule has 20 heavy (non-hydrogen) atoms. The van der Waals surface area contributed by atoms with Gasteiger partial charge in [-0.2, -0.15) is 0 Å². The second-order valence-corrected chi connectivity index (χ2v) is 4.25. The molecule has 0 fully saturated rings. The number of non-ortho nitro benzene ring substituents is 1. The van der Waals surface area contributed by atoms with E-state index in [1.54, 1.807) is 4.90 Å². The molecule has 0 atom stereocenters. The Morgan fingerprint density at radius 1 is 1.20 bits per heavy atom. The third-order valence-electron chi connectivity index (χ3n) is 2.86. The molecular formula is C12H17N3O5. The Labute approximate surface area is 115 Å². The SMILES string of the molecule is CCCCN(CCO)c1ccc([N+](=O)[O-])cc1[N+](=O)[O-]. The summed E-state index contributed by atoms with van der Waals surface area (Å²) in [7, 11) is 0. The van der Waals surface area contributed by atoms with Crippen molar-refractivity contribution in [1.29, 1.82) is 0 Å². The molecule has 110 valence electrons. The van der Waals surface area contributed by atoms with E-state index in [4.69, 9.17) is 5.11 Å². The molecule has 0 aliphatic heterocycles. The molecule has 0 spiro atoms. The second-order valence-electron chi connectivity index (χ2n) is 4.25. The molecule has 0 unspecified atom stereocenters. The van der Waals surface area contributed by atoms with Crippen LogP contribution in [0.5, 0.6) is 0 Å². The van der Waals surface area contributed by atoms with Gasteiger partial charge < -0.3 is 10.0 Å². The monoisotopic (exact) mass is 283 g/mol. The minimum atomic E-state index is -0.667. The van der Waals surface area contributed by atoms with Gasteiger partial charge in [0.2, 0.25) is 0 Å². The highest BCUT2D eigenvalue weighted by molar-refractivity contribution is 5.66. The molecule has 0 aromatic heterocycles. The minimum Gasteiger partial charge on any atom is -0.395 e. The summed E-state index contributed by atoms with van der Waals surface area (Å²) >= 11 is 0. The van der Waals surface area contributed by atoms with Gasteiger partial charge in [-0.15, -0.1) is 0 Å². The van der Waals surface area contributed by atoms with Crippen LogP contribution in [0, 0.1) is 20.2 Å². The van der Waals surface area contributed by atoms with E-state index < -0.39 is 9.85 Å². The van der Waals surface area contributed by atoms with E-state index in [0.29, 0.717) is 12.2 Å². The standard InChI is InChI=1S/C12H17N3O5/c1-2-3-6-13(7-8-16)11-5-4-10(14(17)18)9-12(11)15(19)20/h4-5,9,16H,2-3,6-8H2,1H3. The van der Waals surface area contributed by atoms with Crippen molar-refractivity contribution in [2.24, 2.45) is 0 Å². The Morgan fingerprint density at radius 2 is 1.90 bits per heavy atom. The molecule has 1 aromatic rings. The van der Waals surface area contributed by atoms with Gasteiger partial charge in [0.25, 0.3) is 11.4 Å². The van der Waals surface area contributed by atoms with Crippen molar-refractivity contribution in [1.82, 2.24) is 0 Å². The number of hydrogen-bond donors (Lipinski definition) is 1. The zero-order valence-corrected chi connectivity index (χ0v) is 11.2. The maximum atomic E-state index is 11.1. The van der Waals surface area contributed by atoms with Crippen molar-refractivity contribution < 1.29 is 15.0 Å². The number of nitro groups is 2. The number of benzene rings is 1. The predicted molar refractivity (Wildman–Crippen MR) is 74.0 cm³/mol. The summed E-state index contributed by atoms with van der Waals surface area (Å²) in [6.07, 6.45) is 1.72. The summed E-state index contributed by atoms with van der Waals surface area (Å²) in [5.41, 5.74) is -0.341. The fourth-order valence-corrected chi connectivity index (χ4v) is 1.86. The molecular weight excluding hydrogens is 266 g/mol. The van der Waals surface area contributed by atoms with Crippen LogP contribution >= 0.6 is 0 Å². The number of anilines is 1. The fraction of sp³-hybridized carbons (Fsp3) is 0.500. The van der Waals surface area contributed by atoms with Crippen LogP contribution in [0.4, 0.5) is 17.1 Å². The van der Waals surface area contributed by atoms with Gasteiger partial charge in [-0.3, -0.25) is 20.2 Å². The smallest absolute Gasteiger partial charge is 0.299 e. The number of hydrogen-bond acceptors (Lipinski definition) is 6. The topological polar surface area (TPSA) is 110 Å². The van der Waals surface area contributed by atoms with Crippen LogP contribution < -0.4 is 4.90 Å². The summed E-state index contributed by atoms with van der Waals surface area (Å²) in [4.78, 5) is 22.1. The van der Waals surface area contributed by atoms with E-state index >= 15 is 0 Å². The summed E-state index contributed by atoms with van der Waals surface area (Å²) < 4.78 is 0. The first-order valence-electron chi connectivity index (χ1n) is 6.29. The molecule has 1 rings (SSSR count). The van der Waals surface area contributed by atoms with Gasteiger partial charge in [0.1, 0.15) is 5.69 Å². The lowest BCUT2D eigenvalue weighted by molar-refractivity contribution is -0.393. The summed E-state index contributed by atoms with van der Waals surface area (Å²) in [5.74, 6) is 0. The van der Waals surface area contributed by atoms with E-state index in [1.807, 2.05) is 6.92 Å². The molecule has 0 saturated carbocycles. The third-order valence-corrected chi connectivity index (χ3v) is 2.86. The molecule has 0 radical (unpaired) electrons. The average Bonchev–Trinajstić information content (AvgIpc) is 2.42. The molecule has 0 bridgehead atoms. The molecule has 0 saturated heterocycles. The molecule has 0 amide bonds. The largest absolute Gasteiger partial charge is 0.395 e. The van der Waals surface area contributed by atoms with Crippen molar-refractivity contribution in [3.63, 3.8) is 0 Å². The first kappa shape index (κ1) is 15.8. The van der Waals surface area contributed by atoms with E-state index in [-0.39, 0.29) is 24.5 Å². The van der Waals surface area contributed by atoms with Crippen molar-refractivity contribution in [2.75, 3.05) is 24.6 Å². The highest BCUT2D eigenvalue weighted by Crippen LogP contribution is 2.32. The van der Waals surface area contributed by atoms with Crippen LogP contribution in [0.25, 0.3) is 0 Å². The van der Waals surface area contributed by atoms with Gasteiger partial charge in [0.15, 0.2) is 0 Å². The molecule has 1 N–H and O–H groups in total. The van der Waals surface area contributed by atoms with Gasteiger partial charge in [0, 0.05) is 19.2 Å². The fourth-order valence-electron chi connectivity index (χ4n) is 1.86. The lowest BCUT2D eigenvalue weighted by Crippen LogP contribution is -2.28. The van der Waals surface area contributed by atoms with Crippen LogP contribution in [0.15, 0.2) is 18.2 Å². The third kappa shape index (κ3) is 3.89. The summed E-state index contributed by atoms with van der Waals surface area (Å²) in [6, 6.07) is 3.55. The lowest BCUT2D eigenvalue weighted by atomic mass is 10.2. The quantitative estimate of drug-likeness (QED) is 0.578. The zero-order chi connectivity index (χ0) is 15.1. The van der Waals surface area contributed by atoms with Crippen LogP contribution in [0.3, 0.4) is 0 Å². The Morgan fingerprint density at radius 3 is 2.40 bits per heavy atom. The predicted octanol–water partition coefficient (Wildman–Crippen LogP) is 2.10. The van der Waals surface area contributed by atoms with Crippen LogP contribution in [-0.4, -0.2) is 34.6 Å². The van der Waals surface area contributed by atoms with Gasteiger partial charge in [0.05, 0.1) is 22.5 Å². The highest BCUT2D eigenvalue weighted by Gasteiger charge is 2.23. The van der Waals surface area contributed by atoms with Crippen LogP contribution in [-0.2, 0) is 0 Å². The molecule has 8 heteroatoms. The lowest BCUT2D eigenvalue weighted by Gasteiger charge is -2.23. The molecule has 0 heterocycles. The zero-order valence-electron chi connectivity index (χ0n) is 11.2. The average molecular weight is 283 g/mol. The second kappa shape index (κ2) is 7.39. The number of aliphatic hydroxyl groups excluding tert-OH is 1. The van der Waals surface area contributed by atoms with Crippen molar-refractivity contribution in [3.05, 3.63) is 38.4 Å². The number of aliphatic hydroxyl groups is 1. The molecule has 0 aliphatic carbocycles. The number of rotatable bonds is 8.